The minimum Gasteiger partial charge on any atom is -0.481 e. The van der Waals surface area contributed by atoms with Crippen LogP contribution >= 0.6 is 12.4 Å². The largest absolute Gasteiger partial charge is 0.481 e. The van der Waals surface area contributed by atoms with Crippen molar-refractivity contribution in [3.63, 3.8) is 0 Å². The molecule has 6 heteroatoms. The summed E-state index contributed by atoms with van der Waals surface area (Å²) in [6, 6.07) is 7.89. The number of fused-ring (bicyclic) bond motifs is 1. The van der Waals surface area contributed by atoms with Crippen LogP contribution in [0.5, 0.6) is 0 Å². The van der Waals surface area contributed by atoms with Gasteiger partial charge < -0.3 is 10.4 Å². The zero-order valence-electron chi connectivity index (χ0n) is 14.8. The Labute approximate surface area is 155 Å². The number of benzene rings is 1. The zero-order valence-corrected chi connectivity index (χ0v) is 15.6. The summed E-state index contributed by atoms with van der Waals surface area (Å²) in [4.78, 5) is 26.0. The lowest BCUT2D eigenvalue weighted by atomic mass is 9.81. The van der Waals surface area contributed by atoms with Gasteiger partial charge in [0.1, 0.15) is 0 Å². The van der Waals surface area contributed by atoms with Gasteiger partial charge in [-0.05, 0) is 42.4 Å². The summed E-state index contributed by atoms with van der Waals surface area (Å²) in [7, 11) is 0. The number of nitrogens with one attached hydrogen (secondary N) is 1. The van der Waals surface area contributed by atoms with Crippen molar-refractivity contribution in [2.75, 3.05) is 25.0 Å². The fourth-order valence-electron chi connectivity index (χ4n) is 4.24. The maximum absolute atomic E-state index is 12.3. The van der Waals surface area contributed by atoms with Crippen LogP contribution in [-0.2, 0) is 9.59 Å². The summed E-state index contributed by atoms with van der Waals surface area (Å²) in [5, 5.41) is 12.6. The minimum absolute atomic E-state index is 0. The number of carboxylic acid groups (broad SMARTS) is 1. The summed E-state index contributed by atoms with van der Waals surface area (Å²) < 4.78 is 0. The molecule has 138 valence electrons. The maximum atomic E-state index is 12.3. The first-order chi connectivity index (χ1) is 11.4. The molecule has 1 aliphatic heterocycles. The Morgan fingerprint density at radius 1 is 1.40 bits per heavy atom. The van der Waals surface area contributed by atoms with Gasteiger partial charge in [-0.15, -0.1) is 12.4 Å². The number of nitrogens with zero attached hydrogens (tertiary/aromatic N) is 1. The Balaban J connectivity index is 0.00000225. The van der Waals surface area contributed by atoms with Crippen LogP contribution in [0.25, 0.3) is 0 Å². The molecule has 0 aromatic heterocycles. The Morgan fingerprint density at radius 2 is 2.16 bits per heavy atom. The molecular weight excluding hydrogens is 340 g/mol. The van der Waals surface area contributed by atoms with Crippen LogP contribution in [0.1, 0.15) is 44.6 Å². The normalized spacial score (nSPS) is 25.5. The highest BCUT2D eigenvalue weighted by Crippen LogP contribution is 2.48. The van der Waals surface area contributed by atoms with Crippen molar-refractivity contribution in [3.05, 3.63) is 29.8 Å². The number of rotatable bonds is 5. The number of hydrogen-bond acceptors (Lipinski definition) is 3. The van der Waals surface area contributed by atoms with Crippen molar-refractivity contribution in [3.8, 4) is 0 Å². The average Bonchev–Trinajstić information content (AvgIpc) is 3.05. The second-order valence-corrected chi connectivity index (χ2v) is 7.55. The van der Waals surface area contributed by atoms with Crippen LogP contribution in [0.15, 0.2) is 24.3 Å². The molecule has 0 radical (unpaired) electrons. The van der Waals surface area contributed by atoms with E-state index >= 15 is 0 Å². The van der Waals surface area contributed by atoms with E-state index < -0.39 is 11.4 Å². The van der Waals surface area contributed by atoms with Crippen molar-refractivity contribution >= 4 is 30.0 Å². The van der Waals surface area contributed by atoms with E-state index in [0.29, 0.717) is 19.0 Å². The molecular formula is C19H27ClN2O3. The Morgan fingerprint density at radius 3 is 2.80 bits per heavy atom. The Hall–Kier alpha value is -1.59. The highest BCUT2D eigenvalue weighted by atomic mass is 35.5. The molecule has 0 bridgehead atoms. The third kappa shape index (κ3) is 3.98. The van der Waals surface area contributed by atoms with Gasteiger partial charge in [-0.25, -0.2) is 0 Å². The van der Waals surface area contributed by atoms with Crippen molar-refractivity contribution in [2.45, 2.75) is 39.0 Å². The predicted molar refractivity (Wildman–Crippen MR) is 100 cm³/mol. The number of anilines is 1. The van der Waals surface area contributed by atoms with E-state index in [4.69, 9.17) is 0 Å². The van der Waals surface area contributed by atoms with E-state index in [-0.39, 0.29) is 30.8 Å². The summed E-state index contributed by atoms with van der Waals surface area (Å²) in [5.41, 5.74) is 1.37. The summed E-state index contributed by atoms with van der Waals surface area (Å²) in [6.07, 6.45) is 2.68. The SMILES string of the molecule is CC(C)c1cccc(NC(=O)CN2C[C@@H]3CCC[C@@]3(C(=O)O)C2)c1.Cl. The van der Waals surface area contributed by atoms with Gasteiger partial charge in [-0.2, -0.15) is 0 Å². The third-order valence-corrected chi connectivity index (χ3v) is 5.57. The van der Waals surface area contributed by atoms with E-state index in [2.05, 4.69) is 25.2 Å². The standard InChI is InChI=1S/C19H26N2O3.ClH/c1-13(2)14-5-3-7-16(9-14)20-17(22)11-21-10-15-6-4-8-19(15,12-21)18(23)24;/h3,5,7,9,13,15H,4,6,8,10-12H2,1-2H3,(H,20,22)(H,23,24);1H/t15-,19+;/m0./s1. The predicted octanol–water partition coefficient (Wildman–Crippen LogP) is 3.36. The molecule has 2 fully saturated rings. The van der Waals surface area contributed by atoms with E-state index in [9.17, 15) is 14.7 Å². The van der Waals surface area contributed by atoms with Gasteiger partial charge >= 0.3 is 5.97 Å². The number of amides is 1. The third-order valence-electron chi connectivity index (χ3n) is 5.57. The fourth-order valence-corrected chi connectivity index (χ4v) is 4.24. The first-order valence-corrected chi connectivity index (χ1v) is 8.76. The van der Waals surface area contributed by atoms with E-state index in [1.807, 2.05) is 23.1 Å². The van der Waals surface area contributed by atoms with Crippen molar-refractivity contribution in [1.82, 2.24) is 4.90 Å². The van der Waals surface area contributed by atoms with Crippen LogP contribution < -0.4 is 5.32 Å². The van der Waals surface area contributed by atoms with Crippen LogP contribution in [0.2, 0.25) is 0 Å². The van der Waals surface area contributed by atoms with Gasteiger partial charge in [0, 0.05) is 18.8 Å². The van der Waals surface area contributed by atoms with Crippen LogP contribution in [0, 0.1) is 11.3 Å². The molecule has 1 aromatic rings. The van der Waals surface area contributed by atoms with Crippen LogP contribution in [0.3, 0.4) is 0 Å². The van der Waals surface area contributed by atoms with Gasteiger partial charge in [-0.1, -0.05) is 32.4 Å². The summed E-state index contributed by atoms with van der Waals surface area (Å²) in [6.45, 7) is 5.71. The molecule has 1 aromatic carbocycles. The Bertz CT molecular complexity index is 649. The molecule has 2 N–H and O–H groups in total. The second-order valence-electron chi connectivity index (χ2n) is 7.55. The zero-order chi connectivity index (χ0) is 17.3. The second kappa shape index (κ2) is 7.75. The fraction of sp³-hybridized carbons (Fsp3) is 0.579. The van der Waals surface area contributed by atoms with Gasteiger partial charge in [0.05, 0.1) is 12.0 Å². The molecule has 2 aliphatic rings. The molecule has 1 heterocycles. The lowest BCUT2D eigenvalue weighted by molar-refractivity contribution is -0.149. The first kappa shape index (κ1) is 19.7. The molecule has 0 unspecified atom stereocenters. The van der Waals surface area contributed by atoms with Crippen LogP contribution in [0.4, 0.5) is 5.69 Å². The highest BCUT2D eigenvalue weighted by molar-refractivity contribution is 5.92. The maximum Gasteiger partial charge on any atom is 0.311 e. The number of likely N-dealkylation sites (tertiary alicyclic amines) is 1. The average molecular weight is 367 g/mol. The Kier molecular flexibility index (Phi) is 6.12. The highest BCUT2D eigenvalue weighted by Gasteiger charge is 2.54. The first-order valence-electron chi connectivity index (χ1n) is 8.76. The monoisotopic (exact) mass is 366 g/mol. The van der Waals surface area contributed by atoms with Gasteiger partial charge in [0.15, 0.2) is 0 Å². The molecule has 3 rings (SSSR count). The number of hydrogen-bond donors (Lipinski definition) is 2. The van der Waals surface area contributed by atoms with Crippen molar-refractivity contribution in [1.29, 1.82) is 0 Å². The number of carboxylic acids is 1. The molecule has 1 aliphatic carbocycles. The van der Waals surface area contributed by atoms with Crippen molar-refractivity contribution in [2.24, 2.45) is 11.3 Å². The molecule has 0 spiro atoms. The van der Waals surface area contributed by atoms with Gasteiger partial charge in [0.25, 0.3) is 0 Å². The van der Waals surface area contributed by atoms with E-state index in [1.54, 1.807) is 0 Å². The number of carbonyl (C=O) groups excluding carboxylic acids is 1. The smallest absolute Gasteiger partial charge is 0.311 e. The molecule has 1 saturated heterocycles. The van der Waals surface area contributed by atoms with Gasteiger partial charge in [-0.3, -0.25) is 14.5 Å². The van der Waals surface area contributed by atoms with E-state index in [0.717, 1.165) is 24.9 Å². The molecule has 2 atom stereocenters. The molecule has 5 nitrogen and oxygen atoms in total. The molecule has 25 heavy (non-hydrogen) atoms. The quantitative estimate of drug-likeness (QED) is 0.838. The topological polar surface area (TPSA) is 69.6 Å². The van der Waals surface area contributed by atoms with Gasteiger partial charge in [0.2, 0.25) is 5.91 Å². The molecule has 1 amide bonds. The van der Waals surface area contributed by atoms with Crippen LogP contribution in [-0.4, -0.2) is 41.5 Å². The van der Waals surface area contributed by atoms with E-state index in [1.165, 1.54) is 5.56 Å². The number of aliphatic carboxylic acids is 1. The lowest BCUT2D eigenvalue weighted by Crippen LogP contribution is -2.37. The summed E-state index contributed by atoms with van der Waals surface area (Å²) in [5.74, 6) is -0.170. The number of carbonyl (C=O) groups is 2. The van der Waals surface area contributed by atoms with Crippen molar-refractivity contribution < 1.29 is 14.7 Å². The summed E-state index contributed by atoms with van der Waals surface area (Å²) >= 11 is 0. The number of halogens is 1. The minimum atomic E-state index is -0.697. The lowest BCUT2D eigenvalue weighted by Gasteiger charge is -2.23. The molecule has 1 saturated carbocycles.